The molecule has 0 aliphatic carbocycles. The van der Waals surface area contributed by atoms with Crippen LogP contribution < -0.4 is 0 Å². The molecule has 3 aromatic rings. The Kier molecular flexibility index (Phi) is 4.00. The molecule has 0 unspecified atom stereocenters. The van der Waals surface area contributed by atoms with E-state index in [2.05, 4.69) is 15.0 Å². The third-order valence-corrected chi connectivity index (χ3v) is 4.02. The first-order chi connectivity index (χ1) is 10.9. The summed E-state index contributed by atoms with van der Waals surface area (Å²) >= 11 is 0. The first-order valence-electron chi connectivity index (χ1n) is 6.75. The largest absolute Gasteiger partial charge is 0.494 e. The molecule has 0 saturated carbocycles. The van der Waals surface area contributed by atoms with Crippen molar-refractivity contribution in [1.82, 2.24) is 9.97 Å². The van der Waals surface area contributed by atoms with Gasteiger partial charge in [0.05, 0.1) is 22.9 Å². The number of pyridine rings is 1. The molecule has 8 heteroatoms. The number of aromatic hydroxyl groups is 1. The van der Waals surface area contributed by atoms with Gasteiger partial charge in [0.15, 0.2) is 5.88 Å². The first-order valence-corrected chi connectivity index (χ1v) is 8.55. The number of rotatable bonds is 4. The second-order valence-corrected chi connectivity index (χ2v) is 6.68. The van der Waals surface area contributed by atoms with Gasteiger partial charge < -0.3 is 19.9 Å². The third kappa shape index (κ3) is 3.65. The minimum absolute atomic E-state index is 0.0134. The second kappa shape index (κ2) is 5.96. The Labute approximate surface area is 131 Å². The van der Waals surface area contributed by atoms with E-state index in [4.69, 9.17) is 9.79 Å². The molecular formula is C15H14N3O4P. The number of aromatic nitrogens is 2. The highest BCUT2D eigenvalue weighted by atomic mass is 31.2. The van der Waals surface area contributed by atoms with Gasteiger partial charge in [0.25, 0.3) is 0 Å². The second-order valence-electron chi connectivity index (χ2n) is 5.03. The molecule has 2 heterocycles. The van der Waals surface area contributed by atoms with Gasteiger partial charge in [-0.15, -0.1) is 0 Å². The van der Waals surface area contributed by atoms with Gasteiger partial charge in [-0.25, -0.2) is 0 Å². The van der Waals surface area contributed by atoms with Crippen LogP contribution in [-0.2, 0) is 10.7 Å². The Balaban J connectivity index is 1.85. The van der Waals surface area contributed by atoms with E-state index in [0.29, 0.717) is 27.8 Å². The molecule has 0 aliphatic heterocycles. The molecule has 23 heavy (non-hydrogen) atoms. The van der Waals surface area contributed by atoms with Gasteiger partial charge in [-0.1, -0.05) is 12.1 Å². The lowest BCUT2D eigenvalue weighted by molar-refractivity contribution is 0.371. The number of nitrogens with zero attached hydrogens (tertiary/aromatic N) is 2. The fourth-order valence-corrected chi connectivity index (χ4v) is 2.90. The maximum atomic E-state index is 11.0. The summed E-state index contributed by atoms with van der Waals surface area (Å²) in [5, 5.41) is 9.91. The van der Waals surface area contributed by atoms with Crippen molar-refractivity contribution in [2.24, 2.45) is 4.99 Å². The van der Waals surface area contributed by atoms with Gasteiger partial charge in [0.2, 0.25) is 0 Å². The normalized spacial score (nSPS) is 12.3. The number of nitrogens with one attached hydrogen (secondary N) is 1. The SMILES string of the molecule is O=P(O)(O)Cc1ccc(N=Cc2c(O)[nH]c3cccnc23)cc1. The van der Waals surface area contributed by atoms with Crippen LogP contribution in [0.25, 0.3) is 11.0 Å². The predicted octanol–water partition coefficient (Wildman–Crippen LogP) is 2.70. The van der Waals surface area contributed by atoms with E-state index in [1.807, 2.05) is 0 Å². The van der Waals surface area contributed by atoms with Gasteiger partial charge in [0.1, 0.15) is 5.52 Å². The lowest BCUT2D eigenvalue weighted by atomic mass is 10.2. The summed E-state index contributed by atoms with van der Waals surface area (Å²) in [7, 11) is -4.08. The number of benzene rings is 1. The monoisotopic (exact) mass is 331 g/mol. The standard InChI is InChI=1S/C15H14N3O4P/c19-15-12(14-13(18-15)2-1-7-16-14)8-17-11-5-3-10(4-6-11)9-23(20,21)22/h1-8,18-19H,9H2,(H2,20,21,22). The summed E-state index contributed by atoms with van der Waals surface area (Å²) in [5.74, 6) is -0.0134. The highest BCUT2D eigenvalue weighted by Crippen LogP contribution is 2.39. The Hall–Kier alpha value is -2.47. The highest BCUT2D eigenvalue weighted by molar-refractivity contribution is 7.50. The number of H-pyrrole nitrogens is 1. The van der Waals surface area contributed by atoms with Crippen LogP contribution >= 0.6 is 7.60 Å². The Morgan fingerprint density at radius 2 is 1.96 bits per heavy atom. The van der Waals surface area contributed by atoms with Crippen LogP contribution in [-0.4, -0.2) is 31.1 Å². The molecule has 0 saturated heterocycles. The molecule has 0 radical (unpaired) electrons. The average Bonchev–Trinajstić information content (AvgIpc) is 2.80. The summed E-state index contributed by atoms with van der Waals surface area (Å²) in [6.45, 7) is 0. The summed E-state index contributed by atoms with van der Waals surface area (Å²) in [5.41, 5.74) is 2.95. The number of aliphatic imine (C=N–C) groups is 1. The van der Waals surface area contributed by atoms with E-state index in [1.165, 1.54) is 6.21 Å². The minimum Gasteiger partial charge on any atom is -0.494 e. The summed E-state index contributed by atoms with van der Waals surface area (Å²) < 4.78 is 11.0. The number of aromatic amines is 1. The fourth-order valence-electron chi connectivity index (χ4n) is 2.21. The topological polar surface area (TPSA) is 119 Å². The van der Waals surface area contributed by atoms with E-state index in [0.717, 1.165) is 0 Å². The molecule has 0 aliphatic rings. The Morgan fingerprint density at radius 1 is 1.22 bits per heavy atom. The average molecular weight is 331 g/mol. The van der Waals surface area contributed by atoms with E-state index < -0.39 is 7.60 Å². The van der Waals surface area contributed by atoms with Crippen LogP contribution in [0.5, 0.6) is 5.88 Å². The Morgan fingerprint density at radius 3 is 2.65 bits per heavy atom. The van der Waals surface area contributed by atoms with Crippen molar-refractivity contribution in [2.45, 2.75) is 6.16 Å². The zero-order chi connectivity index (χ0) is 16.4. The van der Waals surface area contributed by atoms with Crippen LogP contribution in [0.4, 0.5) is 5.69 Å². The molecule has 4 N–H and O–H groups in total. The van der Waals surface area contributed by atoms with E-state index in [1.54, 1.807) is 42.6 Å². The number of hydrogen-bond donors (Lipinski definition) is 4. The molecule has 0 bridgehead atoms. The van der Waals surface area contributed by atoms with E-state index >= 15 is 0 Å². The molecule has 3 rings (SSSR count). The zero-order valence-electron chi connectivity index (χ0n) is 11.9. The van der Waals surface area contributed by atoms with Crippen molar-refractivity contribution >= 4 is 30.5 Å². The van der Waals surface area contributed by atoms with Crippen molar-refractivity contribution in [2.75, 3.05) is 0 Å². The van der Waals surface area contributed by atoms with E-state index in [-0.39, 0.29) is 12.0 Å². The van der Waals surface area contributed by atoms with Crippen molar-refractivity contribution < 1.29 is 19.5 Å². The lowest BCUT2D eigenvalue weighted by Crippen LogP contribution is -1.86. The summed E-state index contributed by atoms with van der Waals surface area (Å²) in [6.07, 6.45) is 2.83. The van der Waals surface area contributed by atoms with Crippen LogP contribution in [0, 0.1) is 0 Å². The fraction of sp³-hybridized carbons (Fsp3) is 0.0667. The summed E-state index contributed by atoms with van der Waals surface area (Å²) in [4.78, 5) is 29.2. The molecule has 0 atom stereocenters. The van der Waals surface area contributed by atoms with Crippen molar-refractivity contribution in [3.8, 4) is 5.88 Å². The van der Waals surface area contributed by atoms with Crippen molar-refractivity contribution in [3.05, 3.63) is 53.7 Å². The van der Waals surface area contributed by atoms with Crippen LogP contribution in [0.1, 0.15) is 11.1 Å². The number of hydrogen-bond acceptors (Lipinski definition) is 4. The maximum Gasteiger partial charge on any atom is 0.329 e. The Bertz CT molecular complexity index is 912. The molecule has 7 nitrogen and oxygen atoms in total. The smallest absolute Gasteiger partial charge is 0.329 e. The molecule has 0 spiro atoms. The van der Waals surface area contributed by atoms with Gasteiger partial charge >= 0.3 is 7.60 Å². The predicted molar refractivity (Wildman–Crippen MR) is 87.2 cm³/mol. The summed E-state index contributed by atoms with van der Waals surface area (Å²) in [6, 6.07) is 10.1. The van der Waals surface area contributed by atoms with E-state index in [9.17, 15) is 9.67 Å². The quantitative estimate of drug-likeness (QED) is 0.433. The van der Waals surface area contributed by atoms with Crippen LogP contribution in [0.3, 0.4) is 0 Å². The first kappa shape index (κ1) is 15.4. The molecule has 0 amide bonds. The van der Waals surface area contributed by atoms with Gasteiger partial charge in [-0.3, -0.25) is 14.5 Å². The van der Waals surface area contributed by atoms with Gasteiger partial charge in [-0.2, -0.15) is 0 Å². The molecule has 2 aromatic heterocycles. The highest BCUT2D eigenvalue weighted by Gasteiger charge is 2.13. The molecule has 0 fully saturated rings. The minimum atomic E-state index is -4.08. The zero-order valence-corrected chi connectivity index (χ0v) is 12.8. The van der Waals surface area contributed by atoms with Gasteiger partial charge in [0, 0.05) is 12.4 Å². The molecular weight excluding hydrogens is 317 g/mol. The van der Waals surface area contributed by atoms with Crippen molar-refractivity contribution in [3.63, 3.8) is 0 Å². The molecule has 118 valence electrons. The van der Waals surface area contributed by atoms with Crippen LogP contribution in [0.15, 0.2) is 47.6 Å². The molecule has 1 aromatic carbocycles. The van der Waals surface area contributed by atoms with Crippen LogP contribution in [0.2, 0.25) is 0 Å². The van der Waals surface area contributed by atoms with Crippen molar-refractivity contribution in [1.29, 1.82) is 0 Å². The number of fused-ring (bicyclic) bond motifs is 1. The lowest BCUT2D eigenvalue weighted by Gasteiger charge is -2.03. The third-order valence-electron chi connectivity index (χ3n) is 3.24. The maximum absolute atomic E-state index is 11.0. The van der Waals surface area contributed by atoms with Gasteiger partial charge in [-0.05, 0) is 29.8 Å².